The zero-order valence-corrected chi connectivity index (χ0v) is 7.80. The third kappa shape index (κ3) is 2.30. The van der Waals surface area contributed by atoms with Crippen LogP contribution >= 0.6 is 0 Å². The summed E-state index contributed by atoms with van der Waals surface area (Å²) in [7, 11) is 0. The maximum Gasteiger partial charge on any atom is 0.0629 e. The Morgan fingerprint density at radius 3 is 1.93 bits per heavy atom. The van der Waals surface area contributed by atoms with Gasteiger partial charge in [-0.1, -0.05) is 48.5 Å². The molecule has 1 nitrogen and oxygen atoms in total. The molecule has 0 amide bonds. The Hall–Kier alpha value is -1.89. The van der Waals surface area contributed by atoms with Gasteiger partial charge >= 0.3 is 0 Å². The summed E-state index contributed by atoms with van der Waals surface area (Å²) in [5, 5.41) is 0. The molecule has 2 aromatic carbocycles. The first-order valence-electron chi connectivity index (χ1n) is 4.59. The Bertz CT molecular complexity index is 362. The van der Waals surface area contributed by atoms with Crippen molar-refractivity contribution in [3.63, 3.8) is 0 Å². The third-order valence-electron chi connectivity index (χ3n) is 1.92. The molecule has 0 heterocycles. The molecule has 14 heavy (non-hydrogen) atoms. The van der Waals surface area contributed by atoms with Crippen molar-refractivity contribution < 1.29 is 0 Å². The second-order valence-corrected chi connectivity index (χ2v) is 3.00. The summed E-state index contributed by atoms with van der Waals surface area (Å²) in [6.07, 6.45) is 1.87. The second kappa shape index (κ2) is 4.38. The zero-order chi connectivity index (χ0) is 9.64. The number of aliphatic imine (C=N–C) groups is 1. The van der Waals surface area contributed by atoms with E-state index >= 15 is 0 Å². The number of para-hydroxylation sites is 1. The predicted octanol–water partition coefficient (Wildman–Crippen LogP) is 3.44. The molecule has 0 radical (unpaired) electrons. The lowest BCUT2D eigenvalue weighted by molar-refractivity contribution is 1.53. The summed E-state index contributed by atoms with van der Waals surface area (Å²) in [5.74, 6) is 0. The molecule has 0 spiro atoms. The molecular formula is C13H11N. The van der Waals surface area contributed by atoms with Crippen molar-refractivity contribution in [2.45, 2.75) is 0 Å². The highest BCUT2D eigenvalue weighted by Crippen LogP contribution is 2.09. The average Bonchev–Trinajstić information content (AvgIpc) is 2.29. The van der Waals surface area contributed by atoms with Crippen LogP contribution in [0.2, 0.25) is 0 Å². The first-order valence-corrected chi connectivity index (χ1v) is 4.59. The largest absolute Gasteiger partial charge is 0.256 e. The Morgan fingerprint density at radius 2 is 1.29 bits per heavy atom. The van der Waals surface area contributed by atoms with Gasteiger partial charge in [-0.15, -0.1) is 0 Å². The zero-order valence-electron chi connectivity index (χ0n) is 7.80. The predicted molar refractivity (Wildman–Crippen MR) is 60.1 cm³/mol. The minimum absolute atomic E-state index is 0.983. The Balaban J connectivity index is 2.16. The van der Waals surface area contributed by atoms with Crippen molar-refractivity contribution in [2.24, 2.45) is 4.99 Å². The van der Waals surface area contributed by atoms with E-state index in [4.69, 9.17) is 0 Å². The molecule has 0 aromatic heterocycles. The number of benzene rings is 2. The van der Waals surface area contributed by atoms with E-state index in [9.17, 15) is 0 Å². The van der Waals surface area contributed by atoms with Gasteiger partial charge in [0, 0.05) is 6.21 Å². The molecule has 1 heteroatoms. The fourth-order valence-electron chi connectivity index (χ4n) is 1.20. The highest BCUT2D eigenvalue weighted by Gasteiger charge is 1.85. The van der Waals surface area contributed by atoms with Crippen molar-refractivity contribution >= 4 is 11.9 Å². The minimum Gasteiger partial charge on any atom is -0.256 e. The van der Waals surface area contributed by atoms with Gasteiger partial charge in [0.05, 0.1) is 5.69 Å². The first kappa shape index (κ1) is 8.70. The lowest BCUT2D eigenvalue weighted by atomic mass is 10.2. The van der Waals surface area contributed by atoms with Gasteiger partial charge < -0.3 is 0 Å². The van der Waals surface area contributed by atoms with E-state index in [1.54, 1.807) is 0 Å². The normalized spacial score (nSPS) is 10.6. The van der Waals surface area contributed by atoms with Crippen molar-refractivity contribution in [1.82, 2.24) is 0 Å². The van der Waals surface area contributed by atoms with Gasteiger partial charge in [-0.25, -0.2) is 0 Å². The van der Waals surface area contributed by atoms with Crippen LogP contribution in [0, 0.1) is 0 Å². The van der Waals surface area contributed by atoms with E-state index in [0.29, 0.717) is 0 Å². The molecule has 0 saturated heterocycles. The second-order valence-electron chi connectivity index (χ2n) is 3.00. The fraction of sp³-hybridized carbons (Fsp3) is 0. The van der Waals surface area contributed by atoms with Gasteiger partial charge in [0.25, 0.3) is 0 Å². The number of hydrogen-bond acceptors (Lipinski definition) is 1. The molecule has 0 aliphatic carbocycles. The van der Waals surface area contributed by atoms with Crippen molar-refractivity contribution in [2.75, 3.05) is 0 Å². The summed E-state index contributed by atoms with van der Waals surface area (Å²) < 4.78 is 0. The molecule has 0 N–H and O–H groups in total. The Kier molecular flexibility index (Phi) is 2.72. The summed E-state index contributed by atoms with van der Waals surface area (Å²) >= 11 is 0. The average molecular weight is 181 g/mol. The maximum atomic E-state index is 4.35. The van der Waals surface area contributed by atoms with Crippen LogP contribution in [0.1, 0.15) is 5.56 Å². The van der Waals surface area contributed by atoms with Gasteiger partial charge in [-0.2, -0.15) is 0 Å². The summed E-state index contributed by atoms with van der Waals surface area (Å²) in [4.78, 5) is 4.35. The molecule has 2 aromatic rings. The van der Waals surface area contributed by atoms with Crippen LogP contribution in [-0.4, -0.2) is 6.21 Å². The van der Waals surface area contributed by atoms with Crippen molar-refractivity contribution in [3.8, 4) is 0 Å². The summed E-state index contributed by atoms with van der Waals surface area (Å²) in [5.41, 5.74) is 2.10. The minimum atomic E-state index is 0.983. The molecule has 68 valence electrons. The van der Waals surface area contributed by atoms with Gasteiger partial charge in [0.2, 0.25) is 0 Å². The van der Waals surface area contributed by atoms with Crippen LogP contribution in [0.25, 0.3) is 0 Å². The Morgan fingerprint density at radius 1 is 0.714 bits per heavy atom. The van der Waals surface area contributed by atoms with Crippen molar-refractivity contribution in [1.29, 1.82) is 0 Å². The number of hydrogen-bond donors (Lipinski definition) is 0. The lowest BCUT2D eigenvalue weighted by Gasteiger charge is -1.92. The standard InChI is InChI=1S/C13H11N/c1-3-7-12(8-4-1)11-14-13-9-5-2-6-10-13/h1-11H/b14-11+. The van der Waals surface area contributed by atoms with Crippen LogP contribution < -0.4 is 0 Å². The molecule has 0 saturated carbocycles. The summed E-state index contributed by atoms with van der Waals surface area (Å²) in [6, 6.07) is 20.0. The molecule has 0 bridgehead atoms. The van der Waals surface area contributed by atoms with Gasteiger partial charge in [-0.3, -0.25) is 4.99 Å². The van der Waals surface area contributed by atoms with E-state index in [0.717, 1.165) is 11.3 Å². The smallest absolute Gasteiger partial charge is 0.0629 e. The van der Waals surface area contributed by atoms with E-state index in [1.165, 1.54) is 0 Å². The van der Waals surface area contributed by atoms with E-state index in [2.05, 4.69) is 4.99 Å². The third-order valence-corrected chi connectivity index (χ3v) is 1.92. The number of nitrogens with zero attached hydrogens (tertiary/aromatic N) is 1. The molecule has 0 aliphatic rings. The van der Waals surface area contributed by atoms with Gasteiger partial charge in [0.1, 0.15) is 0 Å². The summed E-state index contributed by atoms with van der Waals surface area (Å²) in [6.45, 7) is 0. The highest BCUT2D eigenvalue weighted by molar-refractivity contribution is 5.81. The molecule has 0 aliphatic heterocycles. The van der Waals surface area contributed by atoms with Crippen LogP contribution in [0.4, 0.5) is 5.69 Å². The Labute approximate surface area is 83.7 Å². The molecule has 0 fully saturated rings. The van der Waals surface area contributed by atoms with E-state index < -0.39 is 0 Å². The van der Waals surface area contributed by atoms with Crippen LogP contribution in [0.3, 0.4) is 0 Å². The fourth-order valence-corrected chi connectivity index (χ4v) is 1.20. The monoisotopic (exact) mass is 181 g/mol. The number of rotatable bonds is 2. The van der Waals surface area contributed by atoms with Gasteiger partial charge in [0.15, 0.2) is 0 Å². The molecule has 0 atom stereocenters. The molecule has 0 unspecified atom stereocenters. The van der Waals surface area contributed by atoms with E-state index in [1.807, 2.05) is 66.9 Å². The molecular weight excluding hydrogens is 170 g/mol. The lowest BCUT2D eigenvalue weighted by Crippen LogP contribution is -1.77. The van der Waals surface area contributed by atoms with Crippen LogP contribution in [0.5, 0.6) is 0 Å². The highest BCUT2D eigenvalue weighted by atomic mass is 14.7. The topological polar surface area (TPSA) is 12.4 Å². The molecule has 2 rings (SSSR count). The maximum absolute atomic E-state index is 4.35. The van der Waals surface area contributed by atoms with Crippen LogP contribution in [-0.2, 0) is 0 Å². The van der Waals surface area contributed by atoms with E-state index in [-0.39, 0.29) is 0 Å². The van der Waals surface area contributed by atoms with Gasteiger partial charge in [-0.05, 0) is 17.7 Å². The van der Waals surface area contributed by atoms with Crippen LogP contribution in [0.15, 0.2) is 65.7 Å². The first-order chi connectivity index (χ1) is 6.95. The van der Waals surface area contributed by atoms with Crippen molar-refractivity contribution in [3.05, 3.63) is 66.2 Å². The SMILES string of the molecule is C(=N\c1ccccc1)/c1ccccc1. The quantitative estimate of drug-likeness (QED) is 0.629.